The quantitative estimate of drug-likeness (QED) is 0.648. The lowest BCUT2D eigenvalue weighted by molar-refractivity contribution is 0.112. The van der Waals surface area contributed by atoms with Crippen molar-refractivity contribution in [3.8, 4) is 5.88 Å². The van der Waals surface area contributed by atoms with Gasteiger partial charge in [-0.05, 0) is 53.8 Å². The lowest BCUT2D eigenvalue weighted by Gasteiger charge is -1.98. The van der Waals surface area contributed by atoms with E-state index >= 15 is 0 Å². The van der Waals surface area contributed by atoms with Crippen LogP contribution in [0.15, 0.2) is 30.5 Å². The van der Waals surface area contributed by atoms with E-state index in [9.17, 15) is 4.79 Å². The fourth-order valence-electron chi connectivity index (χ4n) is 1.23. The van der Waals surface area contributed by atoms with Crippen LogP contribution in [0.2, 0.25) is 0 Å². The summed E-state index contributed by atoms with van der Waals surface area (Å²) in [4.78, 5) is 18.1. The summed E-state index contributed by atoms with van der Waals surface area (Å²) < 4.78 is 5.95. The number of aldehydes is 1. The first-order valence-corrected chi connectivity index (χ1v) is 6.49. The number of ether oxygens (including phenoxy) is 1. The molecule has 6 heteroatoms. The molecule has 0 spiro atoms. The van der Waals surface area contributed by atoms with Gasteiger partial charge in [-0.25, -0.2) is 9.97 Å². The summed E-state index contributed by atoms with van der Waals surface area (Å²) in [6, 6.07) is 7.10. The van der Waals surface area contributed by atoms with Gasteiger partial charge in [0.25, 0.3) is 0 Å². The van der Waals surface area contributed by atoms with Crippen LogP contribution in [0.4, 0.5) is 5.82 Å². The van der Waals surface area contributed by atoms with Crippen LogP contribution in [0.3, 0.4) is 0 Å². The van der Waals surface area contributed by atoms with E-state index in [-0.39, 0.29) is 0 Å². The first-order valence-electron chi connectivity index (χ1n) is 5.41. The Hall–Kier alpha value is -1.70. The molecule has 0 unspecified atom stereocenters. The zero-order chi connectivity index (χ0) is 14.3. The lowest BCUT2D eigenvalue weighted by atomic mass is 10.3. The van der Waals surface area contributed by atoms with Gasteiger partial charge in [-0.2, -0.15) is 0 Å². The predicted molar refractivity (Wildman–Crippen MR) is 82.3 cm³/mol. The molecule has 0 aliphatic carbocycles. The van der Waals surface area contributed by atoms with Crippen molar-refractivity contribution in [3.05, 3.63) is 45.3 Å². The topological polar surface area (TPSA) is 78.1 Å². The smallest absolute Gasteiger partial charge is 0.223 e. The fourth-order valence-corrected chi connectivity index (χ4v) is 1.53. The van der Waals surface area contributed by atoms with Crippen LogP contribution in [0.25, 0.3) is 0 Å². The third-order valence-corrected chi connectivity index (χ3v) is 3.30. The maximum Gasteiger partial charge on any atom is 0.223 e. The molecule has 0 radical (unpaired) electrons. The molecule has 2 heterocycles. The summed E-state index contributed by atoms with van der Waals surface area (Å²) in [6.45, 7) is 1.94. The van der Waals surface area contributed by atoms with Crippen LogP contribution in [0, 0.1) is 10.5 Å². The fraction of sp³-hybridized carbons (Fsp3) is 0.154. The largest absolute Gasteiger partial charge is 0.480 e. The summed E-state index contributed by atoms with van der Waals surface area (Å²) in [7, 11) is 1.48. The van der Waals surface area contributed by atoms with Gasteiger partial charge in [-0.3, -0.25) is 4.79 Å². The Morgan fingerprint density at radius 3 is 2.58 bits per heavy atom. The standard InChI is InChI=1S/C7H7NO2.C6H7IN2/c1-10-7-6(5-9)3-2-4-8-7;1-4-5(7)2-3-6(8)9-4/h2-5H,1H3;2-3H,1H3,(H2,8,9). The molecule has 19 heavy (non-hydrogen) atoms. The molecule has 0 amide bonds. The molecule has 5 nitrogen and oxygen atoms in total. The molecule has 100 valence electrons. The van der Waals surface area contributed by atoms with Crippen molar-refractivity contribution in [1.29, 1.82) is 0 Å². The number of nitrogen functional groups attached to an aromatic ring is 1. The highest BCUT2D eigenvalue weighted by Crippen LogP contribution is 2.10. The summed E-state index contributed by atoms with van der Waals surface area (Å²) in [5.74, 6) is 0.963. The Bertz CT molecular complexity index is 561. The highest BCUT2D eigenvalue weighted by molar-refractivity contribution is 14.1. The van der Waals surface area contributed by atoms with E-state index in [1.165, 1.54) is 7.11 Å². The molecule has 0 saturated heterocycles. The average molecular weight is 371 g/mol. The van der Waals surface area contributed by atoms with Crippen molar-refractivity contribution >= 4 is 34.7 Å². The minimum atomic E-state index is 0.373. The number of methoxy groups -OCH3 is 1. The molecule has 2 aromatic heterocycles. The number of carbonyl (C=O) groups is 1. The number of aromatic nitrogens is 2. The molecule has 0 bridgehead atoms. The maximum absolute atomic E-state index is 10.3. The number of aryl methyl sites for hydroxylation is 1. The number of hydrogen-bond donors (Lipinski definition) is 1. The highest BCUT2D eigenvalue weighted by Gasteiger charge is 1.98. The van der Waals surface area contributed by atoms with Crippen molar-refractivity contribution in [3.63, 3.8) is 0 Å². The SMILES string of the molecule is COc1ncccc1C=O.Cc1nc(N)ccc1I. The molecule has 2 rings (SSSR count). The summed E-state index contributed by atoms with van der Waals surface area (Å²) >= 11 is 2.22. The van der Waals surface area contributed by atoms with Gasteiger partial charge in [0.15, 0.2) is 6.29 Å². The molecule has 0 saturated carbocycles. The number of nitrogens with two attached hydrogens (primary N) is 1. The van der Waals surface area contributed by atoms with Crippen molar-refractivity contribution in [2.75, 3.05) is 12.8 Å². The number of halogens is 1. The van der Waals surface area contributed by atoms with Crippen molar-refractivity contribution in [2.45, 2.75) is 6.92 Å². The minimum Gasteiger partial charge on any atom is -0.480 e. The van der Waals surface area contributed by atoms with Crippen LogP contribution >= 0.6 is 22.6 Å². The van der Waals surface area contributed by atoms with Gasteiger partial charge in [0.1, 0.15) is 5.82 Å². The van der Waals surface area contributed by atoms with E-state index in [1.807, 2.05) is 13.0 Å². The van der Waals surface area contributed by atoms with Crippen LogP contribution in [0.5, 0.6) is 5.88 Å². The Morgan fingerprint density at radius 1 is 1.37 bits per heavy atom. The molecule has 0 aliphatic rings. The van der Waals surface area contributed by atoms with Gasteiger partial charge < -0.3 is 10.5 Å². The molecule has 0 aliphatic heterocycles. The van der Waals surface area contributed by atoms with Crippen LogP contribution in [0.1, 0.15) is 16.1 Å². The van der Waals surface area contributed by atoms with E-state index < -0.39 is 0 Å². The minimum absolute atomic E-state index is 0.373. The second-order valence-electron chi connectivity index (χ2n) is 3.52. The number of anilines is 1. The predicted octanol–water partition coefficient (Wildman–Crippen LogP) is 2.48. The van der Waals surface area contributed by atoms with E-state index in [4.69, 9.17) is 10.5 Å². The zero-order valence-electron chi connectivity index (χ0n) is 10.6. The zero-order valence-corrected chi connectivity index (χ0v) is 12.8. The third kappa shape index (κ3) is 4.82. The van der Waals surface area contributed by atoms with Gasteiger partial charge in [-0.15, -0.1) is 0 Å². The molecule has 2 N–H and O–H groups in total. The lowest BCUT2D eigenvalue weighted by Crippen LogP contribution is -1.92. The number of carbonyl (C=O) groups excluding carboxylic acids is 1. The second-order valence-corrected chi connectivity index (χ2v) is 4.69. The Morgan fingerprint density at radius 2 is 2.11 bits per heavy atom. The summed E-state index contributed by atoms with van der Waals surface area (Å²) in [5.41, 5.74) is 6.89. The Kier molecular flexibility index (Phi) is 6.20. The number of rotatable bonds is 2. The average Bonchev–Trinajstić information content (AvgIpc) is 2.44. The van der Waals surface area contributed by atoms with E-state index in [0.29, 0.717) is 23.5 Å². The van der Waals surface area contributed by atoms with Gasteiger partial charge in [-0.1, -0.05) is 0 Å². The van der Waals surface area contributed by atoms with Crippen LogP contribution < -0.4 is 10.5 Å². The molecule has 0 atom stereocenters. The van der Waals surface area contributed by atoms with E-state index in [1.54, 1.807) is 24.4 Å². The molecule has 0 aromatic carbocycles. The van der Waals surface area contributed by atoms with Crippen molar-refractivity contribution in [2.24, 2.45) is 0 Å². The molecular formula is C13H14IN3O2. The van der Waals surface area contributed by atoms with Crippen LogP contribution in [-0.2, 0) is 0 Å². The summed E-state index contributed by atoms with van der Waals surface area (Å²) in [6.07, 6.45) is 2.29. The Balaban J connectivity index is 0.000000191. The second kappa shape index (κ2) is 7.67. The van der Waals surface area contributed by atoms with Gasteiger partial charge in [0.2, 0.25) is 5.88 Å². The van der Waals surface area contributed by atoms with E-state index in [0.717, 1.165) is 9.26 Å². The maximum atomic E-state index is 10.3. The number of hydrogen-bond acceptors (Lipinski definition) is 5. The van der Waals surface area contributed by atoms with Crippen LogP contribution in [-0.4, -0.2) is 23.4 Å². The third-order valence-electron chi connectivity index (χ3n) is 2.16. The summed E-state index contributed by atoms with van der Waals surface area (Å²) in [5, 5.41) is 0. The molecule has 2 aromatic rings. The normalized spacial score (nSPS) is 9.21. The first-order chi connectivity index (χ1) is 9.08. The van der Waals surface area contributed by atoms with Gasteiger partial charge >= 0.3 is 0 Å². The molecule has 0 fully saturated rings. The Labute approximate surface area is 125 Å². The van der Waals surface area contributed by atoms with Crippen molar-refractivity contribution < 1.29 is 9.53 Å². The van der Waals surface area contributed by atoms with Gasteiger partial charge in [0.05, 0.1) is 18.4 Å². The number of nitrogens with zero attached hydrogens (tertiary/aromatic N) is 2. The van der Waals surface area contributed by atoms with Gasteiger partial charge in [0, 0.05) is 9.77 Å². The van der Waals surface area contributed by atoms with E-state index in [2.05, 4.69) is 32.6 Å². The monoisotopic (exact) mass is 371 g/mol. The highest BCUT2D eigenvalue weighted by atomic mass is 127. The number of pyridine rings is 2. The van der Waals surface area contributed by atoms with Crippen molar-refractivity contribution in [1.82, 2.24) is 9.97 Å². The molecular weight excluding hydrogens is 357 g/mol. The first kappa shape index (κ1) is 15.4.